The number of likely N-dealkylation sites (tertiary alicyclic amines) is 1. The molecule has 1 aliphatic carbocycles. The zero-order valence-electron chi connectivity index (χ0n) is 17.8. The molecule has 1 amide bonds. The summed E-state index contributed by atoms with van der Waals surface area (Å²) >= 11 is 3.38. The van der Waals surface area contributed by atoms with Gasteiger partial charge < -0.3 is 15.2 Å². The number of pyridine rings is 1. The number of carbonyl (C=O) groups excluding carboxylic acids is 2. The van der Waals surface area contributed by atoms with Crippen LogP contribution >= 0.6 is 15.9 Å². The van der Waals surface area contributed by atoms with Crippen LogP contribution in [-0.4, -0.2) is 52.6 Å². The Bertz CT molecular complexity index is 838. The number of rotatable bonds is 8. The Balaban J connectivity index is 1.79. The highest BCUT2D eigenvalue weighted by Crippen LogP contribution is 2.59. The molecule has 1 aromatic heterocycles. The fourth-order valence-electron chi connectivity index (χ4n) is 4.10. The van der Waals surface area contributed by atoms with Crippen LogP contribution in [0.25, 0.3) is 0 Å². The second-order valence-corrected chi connectivity index (χ2v) is 9.89. The molecule has 164 valence electrons. The van der Waals surface area contributed by atoms with E-state index in [2.05, 4.69) is 27.5 Å². The van der Waals surface area contributed by atoms with Crippen LogP contribution in [0.1, 0.15) is 44.9 Å². The van der Waals surface area contributed by atoms with Crippen molar-refractivity contribution in [3.05, 3.63) is 40.6 Å². The average Bonchev–Trinajstić information content (AvgIpc) is 3.26. The number of piperidine rings is 1. The largest absolute Gasteiger partial charge is 0.444 e. The molecule has 0 unspecified atom stereocenters. The third-order valence-corrected chi connectivity index (χ3v) is 6.11. The summed E-state index contributed by atoms with van der Waals surface area (Å²) in [5, 5.41) is 0. The maximum absolute atomic E-state index is 13.3. The topological polar surface area (TPSA) is 94.7 Å². The molecule has 7 nitrogen and oxygen atoms in total. The van der Waals surface area contributed by atoms with Crippen LogP contribution in [0.2, 0.25) is 0 Å². The molecule has 1 saturated heterocycles. The maximum Gasteiger partial charge on any atom is 0.411 e. The van der Waals surface area contributed by atoms with Gasteiger partial charge in [-0.3, -0.25) is 9.69 Å². The van der Waals surface area contributed by atoms with Crippen molar-refractivity contribution >= 4 is 27.8 Å². The Hall–Kier alpha value is -1.77. The van der Waals surface area contributed by atoms with Gasteiger partial charge in [-0.1, -0.05) is 12.1 Å². The lowest BCUT2D eigenvalue weighted by Gasteiger charge is -2.30. The van der Waals surface area contributed by atoms with Gasteiger partial charge in [-0.15, -0.1) is 6.58 Å². The molecule has 0 aromatic carbocycles. The van der Waals surface area contributed by atoms with Crippen molar-refractivity contribution in [3.8, 4) is 0 Å². The van der Waals surface area contributed by atoms with E-state index in [9.17, 15) is 9.59 Å². The SMILES string of the molecule is C=CCOCc1ccc(Br)nc1CC(=O)[C@@H]1C[C@@]2(CN)C[C@H]2N1C(=O)OC(C)(C)C. The summed E-state index contributed by atoms with van der Waals surface area (Å²) in [4.78, 5) is 32.3. The van der Waals surface area contributed by atoms with Crippen molar-refractivity contribution in [2.45, 2.75) is 64.3 Å². The molecule has 30 heavy (non-hydrogen) atoms. The number of nitrogens with two attached hydrogens (primary N) is 1. The van der Waals surface area contributed by atoms with Crippen molar-refractivity contribution < 1.29 is 19.1 Å². The Kier molecular flexibility index (Phi) is 6.69. The number of carbonyl (C=O) groups is 2. The van der Waals surface area contributed by atoms with Crippen molar-refractivity contribution in [2.75, 3.05) is 13.2 Å². The van der Waals surface area contributed by atoms with Gasteiger partial charge in [0.05, 0.1) is 31.4 Å². The van der Waals surface area contributed by atoms with E-state index in [1.807, 2.05) is 32.9 Å². The van der Waals surface area contributed by atoms with Gasteiger partial charge in [-0.2, -0.15) is 0 Å². The second-order valence-electron chi connectivity index (χ2n) is 9.08. The summed E-state index contributed by atoms with van der Waals surface area (Å²) < 4.78 is 11.8. The van der Waals surface area contributed by atoms with Crippen molar-refractivity contribution in [2.24, 2.45) is 11.1 Å². The van der Waals surface area contributed by atoms with Gasteiger partial charge in [0.15, 0.2) is 5.78 Å². The zero-order chi connectivity index (χ0) is 22.1. The van der Waals surface area contributed by atoms with Crippen LogP contribution in [-0.2, 0) is 27.3 Å². The molecular formula is C22H30BrN3O4. The Morgan fingerprint density at radius 1 is 1.40 bits per heavy atom. The Labute approximate surface area is 186 Å². The normalized spacial score (nSPS) is 25.0. The highest BCUT2D eigenvalue weighted by molar-refractivity contribution is 9.10. The zero-order valence-corrected chi connectivity index (χ0v) is 19.4. The molecule has 2 aliphatic rings. The number of halogens is 1. The molecule has 1 aliphatic heterocycles. The lowest BCUT2D eigenvalue weighted by molar-refractivity contribution is -0.123. The quantitative estimate of drug-likeness (QED) is 0.348. The number of aromatic nitrogens is 1. The first-order valence-electron chi connectivity index (χ1n) is 10.2. The summed E-state index contributed by atoms with van der Waals surface area (Å²) in [6.07, 6.45) is 2.73. The summed E-state index contributed by atoms with van der Waals surface area (Å²) in [5.74, 6) is -0.0588. The molecule has 2 N–H and O–H groups in total. The Morgan fingerprint density at radius 2 is 2.13 bits per heavy atom. The van der Waals surface area contributed by atoms with E-state index in [4.69, 9.17) is 15.2 Å². The van der Waals surface area contributed by atoms with E-state index in [0.29, 0.717) is 36.5 Å². The van der Waals surface area contributed by atoms with Gasteiger partial charge in [0, 0.05) is 18.0 Å². The van der Waals surface area contributed by atoms with E-state index in [0.717, 1.165) is 12.0 Å². The monoisotopic (exact) mass is 479 g/mol. The van der Waals surface area contributed by atoms with Crippen molar-refractivity contribution in [3.63, 3.8) is 0 Å². The molecule has 8 heteroatoms. The molecule has 0 bridgehead atoms. The van der Waals surface area contributed by atoms with Crippen molar-refractivity contribution in [1.82, 2.24) is 9.88 Å². The number of hydrogen-bond acceptors (Lipinski definition) is 6. The molecule has 2 heterocycles. The van der Waals surface area contributed by atoms with E-state index < -0.39 is 17.7 Å². The molecule has 3 rings (SSSR count). The van der Waals surface area contributed by atoms with Crippen LogP contribution in [0.3, 0.4) is 0 Å². The average molecular weight is 480 g/mol. The minimum absolute atomic E-state index is 0.0304. The third-order valence-electron chi connectivity index (χ3n) is 5.67. The van der Waals surface area contributed by atoms with Gasteiger partial charge in [-0.25, -0.2) is 9.78 Å². The molecular weight excluding hydrogens is 450 g/mol. The van der Waals surface area contributed by atoms with Gasteiger partial charge >= 0.3 is 6.09 Å². The molecule has 0 spiro atoms. The summed E-state index contributed by atoms with van der Waals surface area (Å²) in [5.41, 5.74) is 6.68. The number of ketones is 1. The predicted molar refractivity (Wildman–Crippen MR) is 117 cm³/mol. The molecule has 0 radical (unpaired) electrons. The predicted octanol–water partition coefficient (Wildman–Crippen LogP) is 3.39. The number of hydrogen-bond donors (Lipinski definition) is 1. The van der Waals surface area contributed by atoms with E-state index >= 15 is 0 Å². The van der Waals surface area contributed by atoms with Gasteiger partial charge in [0.25, 0.3) is 0 Å². The first-order chi connectivity index (χ1) is 14.1. The van der Waals surface area contributed by atoms with Gasteiger partial charge in [-0.05, 0) is 61.2 Å². The lowest BCUT2D eigenvalue weighted by atomic mass is 9.95. The maximum atomic E-state index is 13.3. The number of Topliss-reactive ketones (excluding diaryl/α,β-unsaturated/α-hetero) is 1. The highest BCUT2D eigenvalue weighted by Gasteiger charge is 2.66. The number of amides is 1. The number of fused-ring (bicyclic) bond motifs is 1. The number of ether oxygens (including phenoxy) is 2. The molecule has 2 fully saturated rings. The van der Waals surface area contributed by atoms with Crippen LogP contribution in [0.15, 0.2) is 29.4 Å². The fourth-order valence-corrected chi connectivity index (χ4v) is 4.45. The van der Waals surface area contributed by atoms with Crippen LogP contribution in [0.5, 0.6) is 0 Å². The first kappa shape index (κ1) is 22.9. The van der Waals surface area contributed by atoms with Crippen LogP contribution < -0.4 is 5.73 Å². The lowest BCUT2D eigenvalue weighted by Crippen LogP contribution is -2.46. The van der Waals surface area contributed by atoms with Gasteiger partial charge in [0.2, 0.25) is 0 Å². The summed E-state index contributed by atoms with van der Waals surface area (Å²) in [7, 11) is 0. The van der Waals surface area contributed by atoms with Crippen molar-refractivity contribution in [1.29, 1.82) is 0 Å². The summed E-state index contributed by atoms with van der Waals surface area (Å²) in [6, 6.07) is 3.13. The third kappa shape index (κ3) is 4.92. The van der Waals surface area contributed by atoms with Gasteiger partial charge in [0.1, 0.15) is 10.2 Å². The molecule has 3 atom stereocenters. The first-order valence-corrected chi connectivity index (χ1v) is 11.0. The highest BCUT2D eigenvalue weighted by atomic mass is 79.9. The molecule has 1 saturated carbocycles. The van der Waals surface area contributed by atoms with Crippen LogP contribution in [0, 0.1) is 5.41 Å². The van der Waals surface area contributed by atoms with E-state index in [1.165, 1.54) is 0 Å². The molecule has 1 aromatic rings. The second kappa shape index (κ2) is 8.77. The fraction of sp³-hybridized carbons (Fsp3) is 0.591. The smallest absolute Gasteiger partial charge is 0.411 e. The minimum atomic E-state index is -0.630. The number of nitrogens with zero attached hydrogens (tertiary/aromatic N) is 2. The van der Waals surface area contributed by atoms with Crippen LogP contribution in [0.4, 0.5) is 4.79 Å². The van der Waals surface area contributed by atoms with E-state index in [-0.39, 0.29) is 23.7 Å². The minimum Gasteiger partial charge on any atom is -0.444 e. The summed E-state index contributed by atoms with van der Waals surface area (Å²) in [6.45, 7) is 10.3. The Morgan fingerprint density at radius 3 is 2.77 bits per heavy atom. The standard InChI is InChI=1S/C22H30BrN3O4/c1-5-8-29-12-14-6-7-19(23)25-15(14)9-17(27)16-10-22(13-24)11-18(22)26(16)20(28)30-21(2,3)4/h5-7,16,18H,1,8-13,24H2,2-4H3/t16-,18+,22-/m0/s1. The van der Waals surface area contributed by atoms with E-state index in [1.54, 1.807) is 11.0 Å².